The lowest BCUT2D eigenvalue weighted by Crippen LogP contribution is -2.07. The van der Waals surface area contributed by atoms with E-state index in [0.717, 1.165) is 38.3 Å². The molecule has 0 aromatic heterocycles. The zero-order valence-corrected chi connectivity index (χ0v) is 12.3. The van der Waals surface area contributed by atoms with Crippen LogP contribution < -0.4 is 0 Å². The van der Waals surface area contributed by atoms with Gasteiger partial charge in [0.1, 0.15) is 0 Å². The molecule has 1 unspecified atom stereocenters. The first kappa shape index (κ1) is 16.9. The Kier molecular flexibility index (Phi) is 12.3. The lowest BCUT2D eigenvalue weighted by atomic mass is 10.0. The van der Waals surface area contributed by atoms with Gasteiger partial charge in [0.2, 0.25) is 0 Å². The highest BCUT2D eigenvalue weighted by molar-refractivity contribution is 4.49. The zero-order chi connectivity index (χ0) is 12.9. The van der Waals surface area contributed by atoms with Crippen molar-refractivity contribution in [3.63, 3.8) is 0 Å². The van der Waals surface area contributed by atoms with E-state index >= 15 is 0 Å². The van der Waals surface area contributed by atoms with Crippen LogP contribution in [0.15, 0.2) is 0 Å². The normalized spacial score (nSPS) is 13.2. The Labute approximate surface area is 108 Å². The van der Waals surface area contributed by atoms with Crippen molar-refractivity contribution in [3.05, 3.63) is 0 Å². The average Bonchev–Trinajstić information content (AvgIpc) is 2.30. The quantitative estimate of drug-likeness (QED) is 0.477. The molecule has 0 spiro atoms. The first-order valence-corrected chi connectivity index (χ1v) is 7.32. The van der Waals surface area contributed by atoms with Crippen LogP contribution in [-0.4, -0.2) is 26.4 Å². The van der Waals surface area contributed by atoms with E-state index in [2.05, 4.69) is 27.7 Å². The SMILES string of the molecule is CCC(C)CCCOCCOCCCC(C)C. The molecule has 0 radical (unpaired) electrons. The Hall–Kier alpha value is -0.0800. The lowest BCUT2D eigenvalue weighted by Gasteiger charge is -2.09. The van der Waals surface area contributed by atoms with E-state index in [4.69, 9.17) is 9.47 Å². The second kappa shape index (κ2) is 12.4. The summed E-state index contributed by atoms with van der Waals surface area (Å²) >= 11 is 0. The second-order valence-electron chi connectivity index (χ2n) is 5.42. The predicted octanol–water partition coefficient (Wildman–Crippen LogP) is 4.28. The number of ether oxygens (including phenoxy) is 2. The third-order valence-corrected chi connectivity index (χ3v) is 3.12. The highest BCUT2D eigenvalue weighted by Crippen LogP contribution is 2.08. The van der Waals surface area contributed by atoms with Crippen molar-refractivity contribution in [3.8, 4) is 0 Å². The van der Waals surface area contributed by atoms with Crippen molar-refractivity contribution in [1.29, 1.82) is 0 Å². The fraction of sp³-hybridized carbons (Fsp3) is 1.00. The van der Waals surface area contributed by atoms with Crippen LogP contribution in [0.2, 0.25) is 0 Å². The summed E-state index contributed by atoms with van der Waals surface area (Å²) in [4.78, 5) is 0. The van der Waals surface area contributed by atoms with Gasteiger partial charge >= 0.3 is 0 Å². The maximum Gasteiger partial charge on any atom is 0.0700 e. The van der Waals surface area contributed by atoms with Crippen molar-refractivity contribution in [2.45, 2.75) is 59.8 Å². The Morgan fingerprint density at radius 1 is 0.765 bits per heavy atom. The molecule has 0 heterocycles. The molecule has 104 valence electrons. The summed E-state index contributed by atoms with van der Waals surface area (Å²) in [6.45, 7) is 12.3. The van der Waals surface area contributed by atoms with Gasteiger partial charge in [-0.3, -0.25) is 0 Å². The topological polar surface area (TPSA) is 18.5 Å². The van der Waals surface area contributed by atoms with Crippen molar-refractivity contribution >= 4 is 0 Å². The highest BCUT2D eigenvalue weighted by atomic mass is 16.5. The summed E-state index contributed by atoms with van der Waals surface area (Å²) in [5, 5.41) is 0. The molecule has 0 aromatic rings. The van der Waals surface area contributed by atoms with E-state index in [1.54, 1.807) is 0 Å². The minimum absolute atomic E-state index is 0.751. The zero-order valence-electron chi connectivity index (χ0n) is 12.3. The third-order valence-electron chi connectivity index (χ3n) is 3.12. The number of hydrogen-bond donors (Lipinski definition) is 0. The Bertz CT molecular complexity index is 146. The molecular weight excluding hydrogens is 212 g/mol. The van der Waals surface area contributed by atoms with Gasteiger partial charge in [-0.1, -0.05) is 34.1 Å². The van der Waals surface area contributed by atoms with Crippen LogP contribution in [0.4, 0.5) is 0 Å². The summed E-state index contributed by atoms with van der Waals surface area (Å²) in [7, 11) is 0. The summed E-state index contributed by atoms with van der Waals surface area (Å²) < 4.78 is 11.0. The second-order valence-corrected chi connectivity index (χ2v) is 5.42. The molecule has 17 heavy (non-hydrogen) atoms. The molecule has 0 rings (SSSR count). The molecule has 0 N–H and O–H groups in total. The Balaban J connectivity index is 2.99. The fourth-order valence-electron chi connectivity index (χ4n) is 1.65. The van der Waals surface area contributed by atoms with Crippen molar-refractivity contribution in [2.24, 2.45) is 11.8 Å². The van der Waals surface area contributed by atoms with Crippen LogP contribution in [0.5, 0.6) is 0 Å². The standard InChI is InChI=1S/C15H32O2/c1-5-15(4)9-7-11-17-13-12-16-10-6-8-14(2)3/h14-15H,5-13H2,1-4H3. The maximum absolute atomic E-state index is 5.53. The van der Waals surface area contributed by atoms with Crippen molar-refractivity contribution in [2.75, 3.05) is 26.4 Å². The van der Waals surface area contributed by atoms with Gasteiger partial charge in [0.25, 0.3) is 0 Å². The fourth-order valence-corrected chi connectivity index (χ4v) is 1.65. The van der Waals surface area contributed by atoms with Gasteiger partial charge in [0, 0.05) is 13.2 Å². The molecule has 0 aliphatic heterocycles. The van der Waals surface area contributed by atoms with Gasteiger partial charge in [0.15, 0.2) is 0 Å². The minimum atomic E-state index is 0.751. The molecule has 0 bridgehead atoms. The molecule has 0 saturated carbocycles. The largest absolute Gasteiger partial charge is 0.379 e. The van der Waals surface area contributed by atoms with E-state index in [1.807, 2.05) is 0 Å². The molecule has 0 aliphatic carbocycles. The monoisotopic (exact) mass is 244 g/mol. The summed E-state index contributed by atoms with van der Waals surface area (Å²) in [5.74, 6) is 1.63. The Morgan fingerprint density at radius 2 is 1.29 bits per heavy atom. The maximum atomic E-state index is 5.53. The van der Waals surface area contributed by atoms with E-state index in [0.29, 0.717) is 0 Å². The molecule has 0 aromatic carbocycles. The molecule has 1 atom stereocenters. The number of rotatable bonds is 12. The van der Waals surface area contributed by atoms with Crippen LogP contribution in [0.25, 0.3) is 0 Å². The molecule has 2 nitrogen and oxygen atoms in total. The van der Waals surface area contributed by atoms with Crippen LogP contribution >= 0.6 is 0 Å². The van der Waals surface area contributed by atoms with Gasteiger partial charge in [0.05, 0.1) is 13.2 Å². The first-order valence-electron chi connectivity index (χ1n) is 7.32. The number of hydrogen-bond acceptors (Lipinski definition) is 2. The van der Waals surface area contributed by atoms with Crippen LogP contribution in [0.1, 0.15) is 59.8 Å². The lowest BCUT2D eigenvalue weighted by molar-refractivity contribution is 0.0435. The molecular formula is C15H32O2. The molecule has 0 aliphatic rings. The van der Waals surface area contributed by atoms with Crippen LogP contribution in [0.3, 0.4) is 0 Å². The summed E-state index contributed by atoms with van der Waals surface area (Å²) in [6.07, 6.45) is 6.18. The smallest absolute Gasteiger partial charge is 0.0700 e. The predicted molar refractivity (Wildman–Crippen MR) is 74.4 cm³/mol. The molecule has 2 heteroatoms. The first-order chi connectivity index (χ1) is 8.16. The van der Waals surface area contributed by atoms with Gasteiger partial charge in [-0.05, 0) is 37.5 Å². The molecule has 0 amide bonds. The van der Waals surface area contributed by atoms with Gasteiger partial charge in [-0.15, -0.1) is 0 Å². The van der Waals surface area contributed by atoms with E-state index in [-0.39, 0.29) is 0 Å². The van der Waals surface area contributed by atoms with Crippen LogP contribution in [0, 0.1) is 11.8 Å². The average molecular weight is 244 g/mol. The minimum Gasteiger partial charge on any atom is -0.379 e. The Morgan fingerprint density at radius 3 is 1.76 bits per heavy atom. The van der Waals surface area contributed by atoms with Crippen molar-refractivity contribution in [1.82, 2.24) is 0 Å². The summed E-state index contributed by atoms with van der Waals surface area (Å²) in [6, 6.07) is 0. The van der Waals surface area contributed by atoms with E-state index in [9.17, 15) is 0 Å². The van der Waals surface area contributed by atoms with Gasteiger partial charge in [-0.2, -0.15) is 0 Å². The third kappa shape index (κ3) is 13.9. The van der Waals surface area contributed by atoms with E-state index in [1.165, 1.54) is 32.1 Å². The summed E-state index contributed by atoms with van der Waals surface area (Å²) in [5.41, 5.74) is 0. The highest BCUT2D eigenvalue weighted by Gasteiger charge is 1.98. The van der Waals surface area contributed by atoms with E-state index < -0.39 is 0 Å². The van der Waals surface area contributed by atoms with Gasteiger partial charge in [-0.25, -0.2) is 0 Å². The van der Waals surface area contributed by atoms with Gasteiger partial charge < -0.3 is 9.47 Å². The van der Waals surface area contributed by atoms with Crippen molar-refractivity contribution < 1.29 is 9.47 Å². The van der Waals surface area contributed by atoms with Crippen LogP contribution in [-0.2, 0) is 9.47 Å². The molecule has 0 saturated heterocycles. The molecule has 0 fully saturated rings.